The Morgan fingerprint density at radius 1 is 1.32 bits per heavy atom. The first-order chi connectivity index (χ1) is 9.09. The molecule has 2 nitrogen and oxygen atoms in total. The summed E-state index contributed by atoms with van der Waals surface area (Å²) in [5.41, 5.74) is 0.204. The molecule has 0 atom stereocenters. The summed E-state index contributed by atoms with van der Waals surface area (Å²) < 4.78 is 13.8. The number of halogens is 1. The number of rotatable bonds is 4. The van der Waals surface area contributed by atoms with Crippen molar-refractivity contribution in [3.8, 4) is 0 Å². The molecule has 0 radical (unpaired) electrons. The normalized spacial score (nSPS) is 16.0. The molecule has 0 spiro atoms. The number of benzene rings is 1. The van der Waals surface area contributed by atoms with Gasteiger partial charge < -0.3 is 4.90 Å². The molecule has 0 aliphatic heterocycles. The fourth-order valence-electron chi connectivity index (χ4n) is 2.80. The van der Waals surface area contributed by atoms with Gasteiger partial charge in [-0.25, -0.2) is 4.39 Å². The van der Waals surface area contributed by atoms with Crippen LogP contribution in [0.15, 0.2) is 24.3 Å². The number of carbonyl (C=O) groups excluding carboxylic acids is 1. The summed E-state index contributed by atoms with van der Waals surface area (Å²) in [5, 5.41) is 0. The van der Waals surface area contributed by atoms with E-state index in [0.717, 1.165) is 12.8 Å². The minimum Gasteiger partial charge on any atom is -0.335 e. The van der Waals surface area contributed by atoms with Crippen LogP contribution in [-0.4, -0.2) is 23.4 Å². The predicted octanol–water partition coefficient (Wildman–Crippen LogP) is 3.87. The maximum absolute atomic E-state index is 13.8. The van der Waals surface area contributed by atoms with E-state index in [0.29, 0.717) is 12.5 Å². The quantitative estimate of drug-likeness (QED) is 0.807. The SMILES string of the molecule is CC(C)CN(C(=O)c1ccccc1F)C1CCCC1. The first-order valence-corrected chi connectivity index (χ1v) is 7.15. The highest BCUT2D eigenvalue weighted by Crippen LogP contribution is 2.26. The molecule has 0 saturated heterocycles. The van der Waals surface area contributed by atoms with E-state index < -0.39 is 5.82 Å². The Balaban J connectivity index is 2.22. The molecule has 3 heteroatoms. The molecule has 1 amide bonds. The Hall–Kier alpha value is -1.38. The first-order valence-electron chi connectivity index (χ1n) is 7.15. The Kier molecular flexibility index (Phi) is 4.56. The molecule has 0 unspecified atom stereocenters. The number of nitrogens with zero attached hydrogens (tertiary/aromatic N) is 1. The van der Waals surface area contributed by atoms with Gasteiger partial charge in [0.05, 0.1) is 5.56 Å². The minimum absolute atomic E-state index is 0.154. The molecule has 0 N–H and O–H groups in total. The third-order valence-electron chi connectivity index (χ3n) is 3.69. The monoisotopic (exact) mass is 263 g/mol. The van der Waals surface area contributed by atoms with Crippen molar-refractivity contribution in [3.63, 3.8) is 0 Å². The average Bonchev–Trinajstić information content (AvgIpc) is 2.89. The molecular formula is C16H22FNO. The topological polar surface area (TPSA) is 20.3 Å². The third-order valence-corrected chi connectivity index (χ3v) is 3.69. The van der Waals surface area contributed by atoms with Gasteiger partial charge in [-0.15, -0.1) is 0 Å². The largest absolute Gasteiger partial charge is 0.335 e. The zero-order valence-electron chi connectivity index (χ0n) is 11.7. The predicted molar refractivity (Wildman–Crippen MR) is 74.5 cm³/mol. The molecule has 1 saturated carbocycles. The van der Waals surface area contributed by atoms with Gasteiger partial charge in [0.2, 0.25) is 0 Å². The van der Waals surface area contributed by atoms with Gasteiger partial charge in [0.25, 0.3) is 5.91 Å². The van der Waals surface area contributed by atoms with Crippen molar-refractivity contribution in [2.24, 2.45) is 5.92 Å². The van der Waals surface area contributed by atoms with Crippen molar-refractivity contribution in [3.05, 3.63) is 35.6 Å². The van der Waals surface area contributed by atoms with Gasteiger partial charge in [-0.2, -0.15) is 0 Å². The highest BCUT2D eigenvalue weighted by Gasteiger charge is 2.28. The van der Waals surface area contributed by atoms with Crippen molar-refractivity contribution in [2.75, 3.05) is 6.54 Å². The van der Waals surface area contributed by atoms with Gasteiger partial charge in [-0.3, -0.25) is 4.79 Å². The summed E-state index contributed by atoms with van der Waals surface area (Å²) in [6.45, 7) is 4.89. The molecule has 19 heavy (non-hydrogen) atoms. The van der Waals surface area contributed by atoms with E-state index in [1.165, 1.54) is 18.9 Å². The lowest BCUT2D eigenvalue weighted by atomic mass is 10.1. The van der Waals surface area contributed by atoms with Crippen molar-refractivity contribution in [1.29, 1.82) is 0 Å². The van der Waals surface area contributed by atoms with Crippen LogP contribution in [0.25, 0.3) is 0 Å². The van der Waals surface area contributed by atoms with Gasteiger partial charge in [-0.1, -0.05) is 38.8 Å². The van der Waals surface area contributed by atoms with Crippen LogP contribution in [0.2, 0.25) is 0 Å². The lowest BCUT2D eigenvalue weighted by Gasteiger charge is -2.30. The van der Waals surface area contributed by atoms with Crippen LogP contribution in [0.3, 0.4) is 0 Å². The zero-order chi connectivity index (χ0) is 13.8. The number of hydrogen-bond acceptors (Lipinski definition) is 1. The molecule has 1 aromatic rings. The van der Waals surface area contributed by atoms with E-state index in [2.05, 4.69) is 13.8 Å². The van der Waals surface area contributed by atoms with Crippen LogP contribution in [-0.2, 0) is 0 Å². The second-order valence-corrected chi connectivity index (χ2v) is 5.77. The van der Waals surface area contributed by atoms with E-state index in [9.17, 15) is 9.18 Å². The molecule has 1 aliphatic carbocycles. The van der Waals surface area contributed by atoms with Crippen molar-refractivity contribution in [1.82, 2.24) is 4.90 Å². The summed E-state index contributed by atoms with van der Waals surface area (Å²) in [5.74, 6) is -0.172. The van der Waals surface area contributed by atoms with E-state index in [1.54, 1.807) is 18.2 Å². The lowest BCUT2D eigenvalue weighted by Crippen LogP contribution is -2.41. The van der Waals surface area contributed by atoms with Gasteiger partial charge in [-0.05, 0) is 30.9 Å². The Bertz CT molecular complexity index is 438. The van der Waals surface area contributed by atoms with Crippen molar-refractivity contribution < 1.29 is 9.18 Å². The van der Waals surface area contributed by atoms with Gasteiger partial charge in [0.15, 0.2) is 0 Å². The maximum atomic E-state index is 13.8. The summed E-state index contributed by atoms with van der Waals surface area (Å²) in [6, 6.07) is 6.57. The van der Waals surface area contributed by atoms with Crippen molar-refractivity contribution >= 4 is 5.91 Å². The second-order valence-electron chi connectivity index (χ2n) is 5.77. The maximum Gasteiger partial charge on any atom is 0.257 e. The summed E-state index contributed by atoms with van der Waals surface area (Å²) >= 11 is 0. The summed E-state index contributed by atoms with van der Waals surface area (Å²) in [7, 11) is 0. The summed E-state index contributed by atoms with van der Waals surface area (Å²) in [4.78, 5) is 14.5. The smallest absolute Gasteiger partial charge is 0.257 e. The zero-order valence-corrected chi connectivity index (χ0v) is 11.7. The van der Waals surface area contributed by atoms with Crippen LogP contribution in [0.4, 0.5) is 4.39 Å². The van der Waals surface area contributed by atoms with Crippen molar-refractivity contribution in [2.45, 2.75) is 45.6 Å². The minimum atomic E-state index is -0.417. The molecule has 1 fully saturated rings. The molecule has 0 aromatic heterocycles. The number of carbonyl (C=O) groups is 1. The van der Waals surface area contributed by atoms with Crippen LogP contribution in [0, 0.1) is 11.7 Å². The Morgan fingerprint density at radius 3 is 2.53 bits per heavy atom. The standard InChI is InChI=1S/C16H22FNO/c1-12(2)11-18(13-7-3-4-8-13)16(19)14-9-5-6-10-15(14)17/h5-6,9-10,12-13H,3-4,7-8,11H2,1-2H3. The molecule has 104 valence electrons. The lowest BCUT2D eigenvalue weighted by molar-refractivity contribution is 0.0650. The molecule has 1 aliphatic rings. The molecular weight excluding hydrogens is 241 g/mol. The summed E-state index contributed by atoms with van der Waals surface area (Å²) in [6.07, 6.45) is 4.44. The van der Waals surface area contributed by atoms with Gasteiger partial charge in [0, 0.05) is 12.6 Å². The highest BCUT2D eigenvalue weighted by molar-refractivity contribution is 5.94. The number of hydrogen-bond donors (Lipinski definition) is 0. The average molecular weight is 263 g/mol. The van der Waals surface area contributed by atoms with E-state index in [4.69, 9.17) is 0 Å². The molecule has 1 aromatic carbocycles. The van der Waals surface area contributed by atoms with Crippen LogP contribution >= 0.6 is 0 Å². The van der Waals surface area contributed by atoms with Crippen LogP contribution in [0.1, 0.15) is 49.9 Å². The Morgan fingerprint density at radius 2 is 1.95 bits per heavy atom. The Labute approximate surface area is 114 Å². The van der Waals surface area contributed by atoms with E-state index >= 15 is 0 Å². The fraction of sp³-hybridized carbons (Fsp3) is 0.562. The van der Waals surface area contributed by atoms with Crippen LogP contribution < -0.4 is 0 Å². The van der Waals surface area contributed by atoms with Gasteiger partial charge in [0.1, 0.15) is 5.82 Å². The first kappa shape index (κ1) is 14.0. The van der Waals surface area contributed by atoms with E-state index in [-0.39, 0.29) is 17.5 Å². The van der Waals surface area contributed by atoms with E-state index in [1.807, 2.05) is 4.90 Å². The molecule has 2 rings (SSSR count). The van der Waals surface area contributed by atoms with Gasteiger partial charge >= 0.3 is 0 Å². The fourth-order valence-corrected chi connectivity index (χ4v) is 2.80. The third kappa shape index (κ3) is 3.34. The molecule has 0 heterocycles. The highest BCUT2D eigenvalue weighted by atomic mass is 19.1. The van der Waals surface area contributed by atoms with Crippen LogP contribution in [0.5, 0.6) is 0 Å². The second kappa shape index (κ2) is 6.18. The molecule has 0 bridgehead atoms. The number of amides is 1.